The first kappa shape index (κ1) is 23.8. The molecule has 1 amide bonds. The summed E-state index contributed by atoms with van der Waals surface area (Å²) in [7, 11) is 1.75. The van der Waals surface area contributed by atoms with Gasteiger partial charge in [0.15, 0.2) is 0 Å². The van der Waals surface area contributed by atoms with Gasteiger partial charge >= 0.3 is 12.1 Å². The van der Waals surface area contributed by atoms with Crippen molar-refractivity contribution in [2.45, 2.75) is 76.7 Å². The second-order valence-electron chi connectivity index (χ2n) is 9.03. The molecule has 2 aromatic rings. The first-order valence-corrected chi connectivity index (χ1v) is 12.2. The fourth-order valence-electron chi connectivity index (χ4n) is 3.71. The predicted molar refractivity (Wildman–Crippen MR) is 123 cm³/mol. The maximum absolute atomic E-state index is 13.2. The quantitative estimate of drug-likeness (QED) is 0.624. The van der Waals surface area contributed by atoms with Crippen molar-refractivity contribution in [2.24, 2.45) is 0 Å². The fraction of sp³-hybridized carbons (Fsp3) is 0.565. The number of hydrogen-bond acceptors (Lipinski definition) is 7. The van der Waals surface area contributed by atoms with E-state index in [2.05, 4.69) is 0 Å². The second-order valence-corrected chi connectivity index (χ2v) is 11.3. The highest BCUT2D eigenvalue weighted by molar-refractivity contribution is 7.13. The first-order chi connectivity index (χ1) is 14.5. The van der Waals surface area contributed by atoms with Crippen LogP contribution >= 0.6 is 22.7 Å². The van der Waals surface area contributed by atoms with Gasteiger partial charge in [0.25, 0.3) is 0 Å². The van der Waals surface area contributed by atoms with Crippen molar-refractivity contribution in [3.8, 4) is 0 Å². The molecule has 2 aromatic heterocycles. The SMILES string of the molecule is Cc1ccc([C@@](O)(C(=O)O[C@H]2CC[C@H](N(C)C(=O)OC(C)(C)C)CC2)c2cccs2)s1. The third kappa shape index (κ3) is 5.48. The molecule has 8 heteroatoms. The molecule has 0 saturated heterocycles. The molecule has 0 aromatic carbocycles. The van der Waals surface area contributed by atoms with Gasteiger partial charge in [-0.15, -0.1) is 22.7 Å². The monoisotopic (exact) mass is 465 g/mol. The van der Waals surface area contributed by atoms with Crippen molar-refractivity contribution in [3.05, 3.63) is 44.3 Å². The highest BCUT2D eigenvalue weighted by Crippen LogP contribution is 2.39. The molecule has 0 aliphatic heterocycles. The molecular weight excluding hydrogens is 434 g/mol. The Bertz CT molecular complexity index is 893. The van der Waals surface area contributed by atoms with Crippen LogP contribution in [-0.2, 0) is 19.9 Å². The van der Waals surface area contributed by atoms with Crippen LogP contribution in [0.2, 0.25) is 0 Å². The molecular formula is C23H31NO5S2. The molecule has 1 atom stereocenters. The standard InChI is InChI=1S/C23H31NO5S2/c1-15-8-13-19(31-15)23(27,18-7-6-14-30-18)20(25)28-17-11-9-16(10-12-17)24(5)21(26)29-22(2,3)4/h6-8,13-14,16-17,27H,9-12H2,1-5H3/t16-,17-,23-/m1/s1. The van der Waals surface area contributed by atoms with E-state index >= 15 is 0 Å². The Morgan fingerprint density at radius 1 is 1.10 bits per heavy atom. The summed E-state index contributed by atoms with van der Waals surface area (Å²) in [5.41, 5.74) is -2.33. The predicted octanol–water partition coefficient (Wildman–Crippen LogP) is 5.08. The van der Waals surface area contributed by atoms with E-state index in [0.29, 0.717) is 35.4 Å². The largest absolute Gasteiger partial charge is 0.460 e. The maximum atomic E-state index is 13.2. The lowest BCUT2D eigenvalue weighted by molar-refractivity contribution is -0.169. The number of aryl methyl sites for hydroxylation is 1. The lowest BCUT2D eigenvalue weighted by Crippen LogP contribution is -2.44. The van der Waals surface area contributed by atoms with E-state index in [1.54, 1.807) is 24.1 Å². The summed E-state index contributed by atoms with van der Waals surface area (Å²) in [6, 6.07) is 7.29. The van der Waals surface area contributed by atoms with E-state index < -0.39 is 17.2 Å². The van der Waals surface area contributed by atoms with Gasteiger partial charge < -0.3 is 19.5 Å². The average Bonchev–Trinajstić information content (AvgIpc) is 3.38. The van der Waals surface area contributed by atoms with Gasteiger partial charge in [0.1, 0.15) is 11.7 Å². The van der Waals surface area contributed by atoms with Gasteiger partial charge in [-0.25, -0.2) is 9.59 Å². The van der Waals surface area contributed by atoms with Crippen LogP contribution in [0.25, 0.3) is 0 Å². The number of hydrogen-bond donors (Lipinski definition) is 1. The summed E-state index contributed by atoms with van der Waals surface area (Å²) in [6.45, 7) is 7.48. The van der Waals surface area contributed by atoms with Crippen LogP contribution in [0.15, 0.2) is 29.6 Å². The van der Waals surface area contributed by atoms with Crippen molar-refractivity contribution in [1.82, 2.24) is 4.90 Å². The zero-order chi connectivity index (χ0) is 22.8. The van der Waals surface area contributed by atoms with Gasteiger partial charge in [0, 0.05) is 18.0 Å². The zero-order valence-electron chi connectivity index (χ0n) is 18.7. The van der Waals surface area contributed by atoms with E-state index in [9.17, 15) is 14.7 Å². The number of nitrogens with zero attached hydrogens (tertiary/aromatic N) is 1. The van der Waals surface area contributed by atoms with Crippen LogP contribution in [0.3, 0.4) is 0 Å². The summed E-state index contributed by atoms with van der Waals surface area (Å²) in [5, 5.41) is 13.3. The van der Waals surface area contributed by atoms with Gasteiger partial charge in [-0.1, -0.05) is 6.07 Å². The molecule has 1 N–H and O–H groups in total. The van der Waals surface area contributed by atoms with E-state index in [4.69, 9.17) is 9.47 Å². The Hall–Kier alpha value is -1.90. The number of esters is 1. The Labute approximate surface area is 191 Å². The molecule has 31 heavy (non-hydrogen) atoms. The van der Waals surface area contributed by atoms with Crippen LogP contribution < -0.4 is 0 Å². The van der Waals surface area contributed by atoms with Gasteiger partial charge in [0.05, 0.1) is 9.75 Å². The minimum absolute atomic E-state index is 0.0425. The molecule has 0 spiro atoms. The van der Waals surface area contributed by atoms with Crippen molar-refractivity contribution >= 4 is 34.7 Å². The smallest absolute Gasteiger partial charge is 0.410 e. The third-order valence-electron chi connectivity index (χ3n) is 5.42. The summed E-state index contributed by atoms with van der Waals surface area (Å²) in [4.78, 5) is 29.3. The number of aliphatic hydroxyl groups is 1. The van der Waals surface area contributed by atoms with E-state index in [-0.39, 0.29) is 18.2 Å². The third-order valence-corrected chi connectivity index (χ3v) is 7.50. The molecule has 1 aliphatic carbocycles. The van der Waals surface area contributed by atoms with Gasteiger partial charge in [-0.05, 0) is 77.0 Å². The van der Waals surface area contributed by atoms with Gasteiger partial charge in [0.2, 0.25) is 5.60 Å². The minimum Gasteiger partial charge on any atom is -0.460 e. The number of ether oxygens (including phenoxy) is 2. The molecule has 1 saturated carbocycles. The van der Waals surface area contributed by atoms with Crippen LogP contribution in [0.1, 0.15) is 61.1 Å². The summed E-state index contributed by atoms with van der Waals surface area (Å²) < 4.78 is 11.3. The zero-order valence-corrected chi connectivity index (χ0v) is 20.3. The summed E-state index contributed by atoms with van der Waals surface area (Å²) in [5.74, 6) is -0.638. The molecule has 3 rings (SSSR count). The Kier molecular flexibility index (Phi) is 7.13. The molecule has 1 fully saturated rings. The van der Waals surface area contributed by atoms with Crippen molar-refractivity contribution in [3.63, 3.8) is 0 Å². The summed E-state index contributed by atoms with van der Waals surface area (Å²) in [6.07, 6.45) is 2.06. The fourth-order valence-corrected chi connectivity index (χ4v) is 5.56. The number of amides is 1. The molecule has 6 nitrogen and oxygen atoms in total. The van der Waals surface area contributed by atoms with Crippen molar-refractivity contribution in [2.75, 3.05) is 7.05 Å². The van der Waals surface area contributed by atoms with E-state index in [1.165, 1.54) is 22.7 Å². The van der Waals surface area contributed by atoms with E-state index in [1.807, 2.05) is 45.2 Å². The van der Waals surface area contributed by atoms with Gasteiger partial charge in [-0.2, -0.15) is 0 Å². The molecule has 170 valence electrons. The van der Waals surface area contributed by atoms with Gasteiger partial charge in [-0.3, -0.25) is 0 Å². The normalized spacial score (nSPS) is 21.2. The summed E-state index contributed by atoms with van der Waals surface area (Å²) >= 11 is 2.73. The van der Waals surface area contributed by atoms with Crippen LogP contribution in [0, 0.1) is 6.92 Å². The van der Waals surface area contributed by atoms with Crippen molar-refractivity contribution in [1.29, 1.82) is 0 Å². The lowest BCUT2D eigenvalue weighted by atomic mass is 9.91. The van der Waals surface area contributed by atoms with Crippen LogP contribution in [0.5, 0.6) is 0 Å². The Morgan fingerprint density at radius 3 is 2.29 bits per heavy atom. The minimum atomic E-state index is -1.79. The molecule has 0 unspecified atom stereocenters. The number of rotatable bonds is 5. The van der Waals surface area contributed by atoms with Crippen LogP contribution in [-0.4, -0.2) is 46.9 Å². The number of thiophene rings is 2. The number of carbonyl (C=O) groups excluding carboxylic acids is 2. The lowest BCUT2D eigenvalue weighted by Gasteiger charge is -2.36. The molecule has 0 bridgehead atoms. The Morgan fingerprint density at radius 2 is 1.77 bits per heavy atom. The highest BCUT2D eigenvalue weighted by atomic mass is 32.1. The average molecular weight is 466 g/mol. The highest BCUT2D eigenvalue weighted by Gasteiger charge is 2.45. The topological polar surface area (TPSA) is 76.1 Å². The van der Waals surface area contributed by atoms with Crippen molar-refractivity contribution < 1.29 is 24.2 Å². The van der Waals surface area contributed by atoms with Crippen LogP contribution in [0.4, 0.5) is 4.79 Å². The molecule has 0 radical (unpaired) electrons. The molecule has 2 heterocycles. The number of carbonyl (C=O) groups is 2. The Balaban J connectivity index is 1.64. The first-order valence-electron chi connectivity index (χ1n) is 10.5. The molecule has 1 aliphatic rings. The van der Waals surface area contributed by atoms with E-state index in [0.717, 1.165) is 4.88 Å². The second kappa shape index (κ2) is 9.30. The maximum Gasteiger partial charge on any atom is 0.410 e.